The summed E-state index contributed by atoms with van der Waals surface area (Å²) in [5.41, 5.74) is 6.83. The predicted molar refractivity (Wildman–Crippen MR) is 113 cm³/mol. The highest BCUT2D eigenvalue weighted by Crippen LogP contribution is 2.29. The molecule has 3 aromatic carbocycles. The van der Waals surface area contributed by atoms with Crippen LogP contribution in [0.3, 0.4) is 0 Å². The summed E-state index contributed by atoms with van der Waals surface area (Å²) in [6.45, 7) is 4.35. The Balaban J connectivity index is 1.79. The summed E-state index contributed by atoms with van der Waals surface area (Å²) in [6.07, 6.45) is 3.32. The van der Waals surface area contributed by atoms with Crippen molar-refractivity contribution in [3.05, 3.63) is 94.0 Å². The van der Waals surface area contributed by atoms with Crippen LogP contribution in [-0.2, 0) is 12.8 Å². The molecule has 0 radical (unpaired) electrons. The van der Waals surface area contributed by atoms with E-state index in [1.54, 1.807) is 0 Å². The molecule has 26 heavy (non-hydrogen) atoms. The number of hydrogen-bond acceptors (Lipinski definition) is 0. The first kappa shape index (κ1) is 18.3. The second-order valence-electron chi connectivity index (χ2n) is 6.44. The Morgan fingerprint density at radius 2 is 1.35 bits per heavy atom. The molecule has 0 unspecified atom stereocenters. The van der Waals surface area contributed by atoms with Gasteiger partial charge in [-0.15, -0.1) is 0 Å². The van der Waals surface area contributed by atoms with Crippen LogP contribution in [0.25, 0.3) is 11.1 Å². The molecule has 1 heteroatoms. The summed E-state index contributed by atoms with van der Waals surface area (Å²) in [5.74, 6) is 6.44. The zero-order chi connectivity index (χ0) is 18.4. The fourth-order valence-corrected chi connectivity index (χ4v) is 3.22. The third-order valence-corrected chi connectivity index (χ3v) is 4.80. The van der Waals surface area contributed by atoms with E-state index in [1.165, 1.54) is 11.1 Å². The first-order valence-electron chi connectivity index (χ1n) is 9.19. The van der Waals surface area contributed by atoms with Crippen molar-refractivity contribution in [2.45, 2.75) is 33.1 Å². The highest BCUT2D eigenvalue weighted by Gasteiger charge is 2.04. The summed E-state index contributed by atoms with van der Waals surface area (Å²) in [7, 11) is 0. The van der Waals surface area contributed by atoms with E-state index in [0.717, 1.165) is 46.5 Å². The second-order valence-corrected chi connectivity index (χ2v) is 6.85. The average Bonchev–Trinajstić information content (AvgIpc) is 2.68. The van der Waals surface area contributed by atoms with Gasteiger partial charge in [0, 0.05) is 21.7 Å². The fourth-order valence-electron chi connectivity index (χ4n) is 2.93. The minimum Gasteiger partial charge on any atom is -0.0836 e. The van der Waals surface area contributed by atoms with Crippen LogP contribution in [0.5, 0.6) is 0 Å². The van der Waals surface area contributed by atoms with Crippen molar-refractivity contribution in [1.29, 1.82) is 0 Å². The molecule has 0 saturated carbocycles. The van der Waals surface area contributed by atoms with Gasteiger partial charge in [0.1, 0.15) is 0 Å². The third kappa shape index (κ3) is 4.57. The maximum absolute atomic E-state index is 6.51. The van der Waals surface area contributed by atoms with Gasteiger partial charge in [-0.25, -0.2) is 0 Å². The zero-order valence-corrected chi connectivity index (χ0v) is 16.1. The number of aryl methyl sites for hydroxylation is 2. The van der Waals surface area contributed by atoms with E-state index in [0.29, 0.717) is 0 Å². The molecule has 0 aliphatic rings. The monoisotopic (exact) mass is 358 g/mol. The summed E-state index contributed by atoms with van der Waals surface area (Å²) >= 11 is 6.51. The third-order valence-electron chi connectivity index (χ3n) is 4.49. The largest absolute Gasteiger partial charge is 0.0836 e. The lowest BCUT2D eigenvalue weighted by Crippen LogP contribution is -1.85. The number of rotatable bonds is 4. The molecule has 0 saturated heterocycles. The lowest BCUT2D eigenvalue weighted by Gasteiger charge is -2.06. The maximum Gasteiger partial charge on any atom is 0.0496 e. The lowest BCUT2D eigenvalue weighted by atomic mass is 10.0. The van der Waals surface area contributed by atoms with Crippen LogP contribution in [0, 0.1) is 11.8 Å². The molecule has 0 N–H and O–H groups in total. The molecule has 0 atom stereocenters. The highest BCUT2D eigenvalue weighted by atomic mass is 35.5. The first-order chi connectivity index (χ1) is 12.7. The van der Waals surface area contributed by atoms with E-state index in [-0.39, 0.29) is 0 Å². The van der Waals surface area contributed by atoms with Crippen molar-refractivity contribution in [2.24, 2.45) is 0 Å². The molecule has 130 valence electrons. The van der Waals surface area contributed by atoms with Gasteiger partial charge in [-0.1, -0.05) is 86.2 Å². The lowest BCUT2D eigenvalue weighted by molar-refractivity contribution is 0.922. The molecule has 0 nitrogen and oxygen atoms in total. The Kier molecular flexibility index (Phi) is 6.16. The topological polar surface area (TPSA) is 0 Å². The van der Waals surface area contributed by atoms with Crippen LogP contribution < -0.4 is 0 Å². The van der Waals surface area contributed by atoms with Gasteiger partial charge < -0.3 is 0 Å². The summed E-state index contributed by atoms with van der Waals surface area (Å²) < 4.78 is 0. The molecule has 0 heterocycles. The normalized spacial score (nSPS) is 10.3. The summed E-state index contributed by atoms with van der Waals surface area (Å²) in [5, 5.41) is 0.736. The molecule has 0 aliphatic carbocycles. The summed E-state index contributed by atoms with van der Waals surface area (Å²) in [6, 6.07) is 23.1. The molecule has 3 aromatic rings. The minimum atomic E-state index is 0.736. The predicted octanol–water partition coefficient (Wildman–Crippen LogP) is 6.92. The van der Waals surface area contributed by atoms with Crippen LogP contribution in [0.1, 0.15) is 42.5 Å². The van der Waals surface area contributed by atoms with E-state index in [4.69, 9.17) is 11.6 Å². The number of benzene rings is 3. The standard InChI is InChI=1S/C25H23Cl/c1-3-5-20-6-8-21(9-7-20)10-11-22-14-17-24(25(26)18-22)23-15-12-19(4-2)13-16-23/h6-9,12-18H,3-5H2,1-2H3. The Hall–Kier alpha value is -2.49. The fraction of sp³-hybridized carbons (Fsp3) is 0.200. The van der Waals surface area contributed by atoms with E-state index in [1.807, 2.05) is 12.1 Å². The SMILES string of the molecule is CCCc1ccc(C#Cc2ccc(-c3ccc(CC)cc3)c(Cl)c2)cc1. The van der Waals surface area contributed by atoms with Crippen LogP contribution in [0.2, 0.25) is 5.02 Å². The molecule has 0 spiro atoms. The maximum atomic E-state index is 6.51. The van der Waals surface area contributed by atoms with Crippen LogP contribution in [-0.4, -0.2) is 0 Å². The molecule has 3 rings (SSSR count). The highest BCUT2D eigenvalue weighted by molar-refractivity contribution is 6.33. The van der Waals surface area contributed by atoms with Crippen molar-refractivity contribution in [3.63, 3.8) is 0 Å². The van der Waals surface area contributed by atoms with Crippen LogP contribution in [0.4, 0.5) is 0 Å². The molecule has 0 fully saturated rings. The van der Waals surface area contributed by atoms with Crippen molar-refractivity contribution in [1.82, 2.24) is 0 Å². The average molecular weight is 359 g/mol. The van der Waals surface area contributed by atoms with Crippen molar-refractivity contribution < 1.29 is 0 Å². The van der Waals surface area contributed by atoms with E-state index < -0.39 is 0 Å². The Bertz CT molecular complexity index is 923. The molecule has 0 aromatic heterocycles. The molecular weight excluding hydrogens is 336 g/mol. The van der Waals surface area contributed by atoms with Gasteiger partial charge in [0.25, 0.3) is 0 Å². The zero-order valence-electron chi connectivity index (χ0n) is 15.4. The van der Waals surface area contributed by atoms with Gasteiger partial charge in [-0.3, -0.25) is 0 Å². The quantitative estimate of drug-likeness (QED) is 0.444. The molecule has 0 aliphatic heterocycles. The van der Waals surface area contributed by atoms with Gasteiger partial charge in [0.05, 0.1) is 0 Å². The minimum absolute atomic E-state index is 0.736. The van der Waals surface area contributed by atoms with Crippen molar-refractivity contribution in [3.8, 4) is 23.0 Å². The Morgan fingerprint density at radius 1 is 0.731 bits per heavy atom. The number of hydrogen-bond donors (Lipinski definition) is 0. The number of halogens is 1. The first-order valence-corrected chi connectivity index (χ1v) is 9.57. The van der Waals surface area contributed by atoms with Crippen molar-refractivity contribution in [2.75, 3.05) is 0 Å². The van der Waals surface area contributed by atoms with Gasteiger partial charge in [-0.05, 0) is 53.8 Å². The van der Waals surface area contributed by atoms with Crippen LogP contribution >= 0.6 is 11.6 Å². The van der Waals surface area contributed by atoms with E-state index >= 15 is 0 Å². The smallest absolute Gasteiger partial charge is 0.0496 e. The Labute approximate surface area is 161 Å². The molecular formula is C25H23Cl. The van der Waals surface area contributed by atoms with Crippen LogP contribution in [0.15, 0.2) is 66.7 Å². The van der Waals surface area contributed by atoms with Crippen molar-refractivity contribution >= 4 is 11.6 Å². The van der Waals surface area contributed by atoms with Gasteiger partial charge in [0.15, 0.2) is 0 Å². The molecule has 0 bridgehead atoms. The van der Waals surface area contributed by atoms with Gasteiger partial charge in [0.2, 0.25) is 0 Å². The van der Waals surface area contributed by atoms with E-state index in [2.05, 4.69) is 80.3 Å². The van der Waals surface area contributed by atoms with E-state index in [9.17, 15) is 0 Å². The second kappa shape index (κ2) is 8.75. The van der Waals surface area contributed by atoms with Gasteiger partial charge in [-0.2, -0.15) is 0 Å². The molecule has 0 amide bonds. The summed E-state index contributed by atoms with van der Waals surface area (Å²) in [4.78, 5) is 0. The van der Waals surface area contributed by atoms with Gasteiger partial charge >= 0.3 is 0 Å². The Morgan fingerprint density at radius 3 is 1.96 bits per heavy atom.